The van der Waals surface area contributed by atoms with Crippen LogP contribution in [-0.2, 0) is 4.74 Å². The van der Waals surface area contributed by atoms with Gasteiger partial charge in [0.25, 0.3) is 0 Å². The summed E-state index contributed by atoms with van der Waals surface area (Å²) in [6, 6.07) is 14.9. The zero-order valence-electron chi connectivity index (χ0n) is 15.6. The summed E-state index contributed by atoms with van der Waals surface area (Å²) >= 11 is 0. The highest BCUT2D eigenvalue weighted by molar-refractivity contribution is 5.88. The van der Waals surface area contributed by atoms with Crippen molar-refractivity contribution in [1.29, 1.82) is 0 Å². The average Bonchev–Trinajstić information content (AvgIpc) is 3.10. The molecule has 2 aromatic carbocycles. The fourth-order valence-electron chi connectivity index (χ4n) is 4.56. The number of benzene rings is 2. The molecule has 4 heteroatoms. The molecule has 26 heavy (non-hydrogen) atoms. The molecule has 0 radical (unpaired) electrons. The summed E-state index contributed by atoms with van der Waals surface area (Å²) in [6.07, 6.45) is 3.05. The van der Waals surface area contributed by atoms with Crippen LogP contribution in [0.25, 0.3) is 10.8 Å². The molecule has 2 heterocycles. The van der Waals surface area contributed by atoms with Crippen molar-refractivity contribution >= 4 is 10.8 Å². The summed E-state index contributed by atoms with van der Waals surface area (Å²) in [4.78, 5) is 2.49. The van der Waals surface area contributed by atoms with Gasteiger partial charge in [0.15, 0.2) is 0 Å². The SMILES string of the molecule is C[C@]1(O)CCOC[C@@H]1[C@@H]1CCCN1CCOc1cccc2ccccc12. The third-order valence-electron chi connectivity index (χ3n) is 6.11. The van der Waals surface area contributed by atoms with Crippen LogP contribution in [0.5, 0.6) is 5.75 Å². The first kappa shape index (κ1) is 17.8. The van der Waals surface area contributed by atoms with Crippen LogP contribution in [-0.4, -0.2) is 54.6 Å². The van der Waals surface area contributed by atoms with Crippen LogP contribution < -0.4 is 4.74 Å². The van der Waals surface area contributed by atoms with E-state index in [0.29, 0.717) is 25.9 Å². The van der Waals surface area contributed by atoms with Crippen LogP contribution in [0.2, 0.25) is 0 Å². The third kappa shape index (κ3) is 3.59. The summed E-state index contributed by atoms with van der Waals surface area (Å²) in [5.41, 5.74) is -0.623. The van der Waals surface area contributed by atoms with Gasteiger partial charge in [-0.1, -0.05) is 36.4 Å². The van der Waals surface area contributed by atoms with Crippen LogP contribution in [0.1, 0.15) is 26.2 Å². The van der Waals surface area contributed by atoms with E-state index in [2.05, 4.69) is 35.2 Å². The Morgan fingerprint density at radius 3 is 2.96 bits per heavy atom. The summed E-state index contributed by atoms with van der Waals surface area (Å²) in [5.74, 6) is 1.14. The Bertz CT molecular complexity index is 740. The second-order valence-corrected chi connectivity index (χ2v) is 7.86. The zero-order valence-corrected chi connectivity index (χ0v) is 15.6. The molecule has 0 bridgehead atoms. The summed E-state index contributed by atoms with van der Waals surface area (Å²) in [5, 5.41) is 13.2. The summed E-state index contributed by atoms with van der Waals surface area (Å²) in [7, 11) is 0. The molecule has 2 saturated heterocycles. The van der Waals surface area contributed by atoms with Gasteiger partial charge in [0.2, 0.25) is 0 Å². The zero-order chi connectivity index (χ0) is 18.0. The molecule has 4 rings (SSSR count). The summed E-state index contributed by atoms with van der Waals surface area (Å²) in [6.45, 7) is 5.94. The predicted molar refractivity (Wildman–Crippen MR) is 104 cm³/mol. The number of hydrogen-bond donors (Lipinski definition) is 1. The molecule has 2 fully saturated rings. The van der Waals surface area contributed by atoms with Crippen LogP contribution in [0, 0.1) is 5.92 Å². The van der Waals surface area contributed by atoms with E-state index in [-0.39, 0.29) is 5.92 Å². The minimum absolute atomic E-state index is 0.191. The highest BCUT2D eigenvalue weighted by atomic mass is 16.5. The maximum absolute atomic E-state index is 10.8. The van der Waals surface area contributed by atoms with Gasteiger partial charge in [0, 0.05) is 30.5 Å². The Kier molecular flexibility index (Phi) is 5.16. The Morgan fingerprint density at radius 2 is 2.08 bits per heavy atom. The number of hydrogen-bond acceptors (Lipinski definition) is 4. The van der Waals surface area contributed by atoms with Crippen LogP contribution >= 0.6 is 0 Å². The van der Waals surface area contributed by atoms with Gasteiger partial charge >= 0.3 is 0 Å². The number of rotatable bonds is 5. The van der Waals surface area contributed by atoms with Gasteiger partial charge in [-0.15, -0.1) is 0 Å². The van der Waals surface area contributed by atoms with Crippen molar-refractivity contribution in [3.8, 4) is 5.75 Å². The third-order valence-corrected chi connectivity index (χ3v) is 6.11. The second kappa shape index (κ2) is 7.55. The molecule has 0 spiro atoms. The number of likely N-dealkylation sites (tertiary alicyclic amines) is 1. The van der Waals surface area contributed by atoms with Crippen LogP contribution in [0.3, 0.4) is 0 Å². The molecular weight excluding hydrogens is 326 g/mol. The number of aliphatic hydroxyl groups is 1. The van der Waals surface area contributed by atoms with E-state index in [1.165, 1.54) is 11.8 Å². The van der Waals surface area contributed by atoms with Gasteiger partial charge in [-0.05, 0) is 44.2 Å². The van der Waals surface area contributed by atoms with Crippen molar-refractivity contribution in [2.75, 3.05) is 32.9 Å². The number of ether oxygens (including phenoxy) is 2. The molecule has 2 aliphatic heterocycles. The molecule has 0 saturated carbocycles. The molecule has 0 aliphatic carbocycles. The van der Waals surface area contributed by atoms with E-state index in [4.69, 9.17) is 9.47 Å². The highest BCUT2D eigenvalue weighted by Crippen LogP contribution is 2.35. The van der Waals surface area contributed by atoms with Gasteiger partial charge in [0.05, 0.1) is 12.2 Å². The van der Waals surface area contributed by atoms with Gasteiger partial charge in [0.1, 0.15) is 12.4 Å². The Labute approximate surface area is 155 Å². The maximum atomic E-state index is 10.8. The van der Waals surface area contributed by atoms with Crippen molar-refractivity contribution < 1.29 is 14.6 Å². The van der Waals surface area contributed by atoms with E-state index in [1.54, 1.807) is 0 Å². The predicted octanol–water partition coefficient (Wildman–Crippen LogP) is 3.47. The minimum Gasteiger partial charge on any atom is -0.492 e. The Hall–Kier alpha value is -1.62. The fraction of sp³-hybridized carbons (Fsp3) is 0.545. The average molecular weight is 355 g/mol. The van der Waals surface area contributed by atoms with Gasteiger partial charge in [-0.25, -0.2) is 0 Å². The molecular formula is C22H29NO3. The molecule has 4 nitrogen and oxygen atoms in total. The minimum atomic E-state index is -0.623. The lowest BCUT2D eigenvalue weighted by atomic mass is 9.79. The molecule has 0 unspecified atom stereocenters. The monoisotopic (exact) mass is 355 g/mol. The first-order valence-corrected chi connectivity index (χ1v) is 9.80. The van der Waals surface area contributed by atoms with E-state index >= 15 is 0 Å². The molecule has 3 atom stereocenters. The lowest BCUT2D eigenvalue weighted by Gasteiger charge is -2.43. The summed E-state index contributed by atoms with van der Waals surface area (Å²) < 4.78 is 11.8. The van der Waals surface area contributed by atoms with Crippen LogP contribution in [0.15, 0.2) is 42.5 Å². The van der Waals surface area contributed by atoms with Crippen molar-refractivity contribution in [1.82, 2.24) is 4.90 Å². The molecule has 2 aliphatic rings. The first-order valence-electron chi connectivity index (χ1n) is 9.80. The Morgan fingerprint density at radius 1 is 1.23 bits per heavy atom. The van der Waals surface area contributed by atoms with Crippen LogP contribution in [0.4, 0.5) is 0 Å². The normalized spacial score (nSPS) is 29.9. The lowest BCUT2D eigenvalue weighted by molar-refractivity contribution is -0.123. The van der Waals surface area contributed by atoms with E-state index < -0.39 is 5.60 Å². The van der Waals surface area contributed by atoms with E-state index in [0.717, 1.165) is 37.1 Å². The maximum Gasteiger partial charge on any atom is 0.127 e. The van der Waals surface area contributed by atoms with Gasteiger partial charge in [-0.3, -0.25) is 4.90 Å². The molecule has 1 N–H and O–H groups in total. The van der Waals surface area contributed by atoms with Crippen molar-refractivity contribution in [3.05, 3.63) is 42.5 Å². The Balaban J connectivity index is 1.39. The topological polar surface area (TPSA) is 41.9 Å². The smallest absolute Gasteiger partial charge is 0.127 e. The standard InChI is InChI=1S/C22H29NO3/c1-22(24)11-14-25-16-19(22)20-9-5-12-23(20)13-15-26-21-10-4-7-17-6-2-3-8-18(17)21/h2-4,6-8,10,19-20,24H,5,9,11-16H2,1H3/t19-,20+,22+/m1/s1. The van der Waals surface area contributed by atoms with Crippen molar-refractivity contribution in [3.63, 3.8) is 0 Å². The molecule has 0 aromatic heterocycles. The fourth-order valence-corrected chi connectivity index (χ4v) is 4.56. The molecule has 0 amide bonds. The largest absolute Gasteiger partial charge is 0.492 e. The molecule has 140 valence electrons. The van der Waals surface area contributed by atoms with Crippen molar-refractivity contribution in [2.45, 2.75) is 37.8 Å². The van der Waals surface area contributed by atoms with E-state index in [1.807, 2.05) is 19.1 Å². The quantitative estimate of drug-likeness (QED) is 0.892. The number of fused-ring (bicyclic) bond motifs is 1. The van der Waals surface area contributed by atoms with Gasteiger partial charge in [-0.2, -0.15) is 0 Å². The number of nitrogens with zero attached hydrogens (tertiary/aromatic N) is 1. The second-order valence-electron chi connectivity index (χ2n) is 7.86. The highest BCUT2D eigenvalue weighted by Gasteiger charge is 2.43. The van der Waals surface area contributed by atoms with E-state index in [9.17, 15) is 5.11 Å². The van der Waals surface area contributed by atoms with Gasteiger partial charge < -0.3 is 14.6 Å². The first-order chi connectivity index (χ1) is 12.6. The van der Waals surface area contributed by atoms with Crippen molar-refractivity contribution in [2.24, 2.45) is 5.92 Å². The lowest BCUT2D eigenvalue weighted by Crippen LogP contribution is -2.53. The molecule has 2 aromatic rings.